The zero-order chi connectivity index (χ0) is 14.9. The van der Waals surface area contributed by atoms with E-state index in [2.05, 4.69) is 22.0 Å². The van der Waals surface area contributed by atoms with Gasteiger partial charge in [0.25, 0.3) is 0 Å². The van der Waals surface area contributed by atoms with Crippen LogP contribution in [0.1, 0.15) is 39.0 Å². The molecular weight excluding hydrogens is 264 g/mol. The monoisotopic (exact) mass is 294 g/mol. The molecule has 2 heterocycles. The Labute approximate surface area is 128 Å². The third kappa shape index (κ3) is 3.10. The number of carbonyl (C=O) groups is 1. The molecule has 1 saturated carbocycles. The van der Waals surface area contributed by atoms with Gasteiger partial charge in [-0.05, 0) is 64.2 Å². The standard InChI is InChI=1S/C16H30N4O/c1-2-18-16(15(17)21,13-6-7-13)12-19-8-4-10-20-9-3-5-14(20)11-19/h13-14,18H,2-12H2,1H3,(H2,17,21). The second-order valence-corrected chi connectivity index (χ2v) is 7.06. The number of primary amides is 1. The van der Waals surface area contributed by atoms with Crippen molar-refractivity contribution in [3.63, 3.8) is 0 Å². The van der Waals surface area contributed by atoms with Crippen molar-refractivity contribution in [3.05, 3.63) is 0 Å². The molecule has 3 aliphatic rings. The molecule has 3 N–H and O–H groups in total. The molecule has 120 valence electrons. The van der Waals surface area contributed by atoms with E-state index < -0.39 is 5.54 Å². The number of likely N-dealkylation sites (N-methyl/N-ethyl adjacent to an activating group) is 1. The zero-order valence-electron chi connectivity index (χ0n) is 13.3. The van der Waals surface area contributed by atoms with Crippen LogP contribution in [0.2, 0.25) is 0 Å². The zero-order valence-corrected chi connectivity index (χ0v) is 13.3. The lowest BCUT2D eigenvalue weighted by Crippen LogP contribution is -2.63. The number of hydrogen-bond acceptors (Lipinski definition) is 4. The lowest BCUT2D eigenvalue weighted by Gasteiger charge is -2.37. The van der Waals surface area contributed by atoms with Crippen molar-refractivity contribution < 1.29 is 4.79 Å². The van der Waals surface area contributed by atoms with Gasteiger partial charge in [-0.15, -0.1) is 0 Å². The van der Waals surface area contributed by atoms with Gasteiger partial charge in [0.15, 0.2) is 0 Å². The molecular formula is C16H30N4O. The number of rotatable bonds is 6. The van der Waals surface area contributed by atoms with Crippen LogP contribution in [0.3, 0.4) is 0 Å². The fourth-order valence-electron chi connectivity index (χ4n) is 4.37. The molecule has 3 fully saturated rings. The first kappa shape index (κ1) is 15.3. The van der Waals surface area contributed by atoms with Gasteiger partial charge in [0.2, 0.25) is 5.91 Å². The molecule has 1 aliphatic carbocycles. The fourth-order valence-corrected chi connectivity index (χ4v) is 4.37. The molecule has 21 heavy (non-hydrogen) atoms. The topological polar surface area (TPSA) is 61.6 Å². The maximum absolute atomic E-state index is 12.2. The summed E-state index contributed by atoms with van der Waals surface area (Å²) in [5.41, 5.74) is 5.33. The smallest absolute Gasteiger partial charge is 0.239 e. The average molecular weight is 294 g/mol. The maximum Gasteiger partial charge on any atom is 0.239 e. The predicted octanol–water partition coefficient (Wildman–Crippen LogP) is 0.400. The Kier molecular flexibility index (Phi) is 4.52. The third-order valence-corrected chi connectivity index (χ3v) is 5.57. The van der Waals surface area contributed by atoms with Gasteiger partial charge in [0.05, 0.1) is 0 Å². The Hall–Kier alpha value is -0.650. The van der Waals surface area contributed by atoms with Crippen molar-refractivity contribution in [1.82, 2.24) is 15.1 Å². The highest BCUT2D eigenvalue weighted by atomic mass is 16.1. The highest BCUT2D eigenvalue weighted by Crippen LogP contribution is 2.40. The van der Waals surface area contributed by atoms with Crippen LogP contribution >= 0.6 is 0 Å². The lowest BCUT2D eigenvalue weighted by molar-refractivity contribution is -0.126. The Balaban J connectivity index is 1.70. The van der Waals surface area contributed by atoms with Crippen LogP contribution in [0, 0.1) is 5.92 Å². The van der Waals surface area contributed by atoms with E-state index >= 15 is 0 Å². The van der Waals surface area contributed by atoms with E-state index in [1.54, 1.807) is 0 Å². The van der Waals surface area contributed by atoms with Crippen molar-refractivity contribution in [1.29, 1.82) is 0 Å². The first-order valence-electron chi connectivity index (χ1n) is 8.67. The van der Waals surface area contributed by atoms with Crippen LogP contribution in [0.25, 0.3) is 0 Å². The number of hydrogen-bond donors (Lipinski definition) is 2. The molecule has 2 unspecified atom stereocenters. The van der Waals surface area contributed by atoms with E-state index in [0.29, 0.717) is 12.0 Å². The van der Waals surface area contributed by atoms with Gasteiger partial charge in [0, 0.05) is 19.1 Å². The Morgan fingerprint density at radius 1 is 1.24 bits per heavy atom. The molecule has 0 aromatic rings. The third-order valence-electron chi connectivity index (χ3n) is 5.57. The maximum atomic E-state index is 12.2. The van der Waals surface area contributed by atoms with Gasteiger partial charge in [-0.2, -0.15) is 0 Å². The molecule has 0 aromatic carbocycles. The van der Waals surface area contributed by atoms with Crippen molar-refractivity contribution in [2.24, 2.45) is 11.7 Å². The normalized spacial score (nSPS) is 30.6. The largest absolute Gasteiger partial charge is 0.368 e. The molecule has 2 atom stereocenters. The highest BCUT2D eigenvalue weighted by molar-refractivity contribution is 5.86. The highest BCUT2D eigenvalue weighted by Gasteiger charge is 2.50. The van der Waals surface area contributed by atoms with E-state index in [1.165, 1.54) is 32.4 Å². The Morgan fingerprint density at radius 3 is 2.67 bits per heavy atom. The Morgan fingerprint density at radius 2 is 2.00 bits per heavy atom. The molecule has 0 spiro atoms. The van der Waals surface area contributed by atoms with E-state index in [-0.39, 0.29) is 5.91 Å². The molecule has 0 radical (unpaired) electrons. The minimum Gasteiger partial charge on any atom is -0.368 e. The molecule has 5 heteroatoms. The van der Waals surface area contributed by atoms with Gasteiger partial charge < -0.3 is 11.1 Å². The molecule has 2 aliphatic heterocycles. The van der Waals surface area contributed by atoms with Gasteiger partial charge in [0.1, 0.15) is 5.54 Å². The summed E-state index contributed by atoms with van der Waals surface area (Å²) in [6, 6.07) is 0.693. The van der Waals surface area contributed by atoms with Gasteiger partial charge in [-0.3, -0.25) is 14.6 Å². The second kappa shape index (κ2) is 6.23. The van der Waals surface area contributed by atoms with Crippen molar-refractivity contribution in [3.8, 4) is 0 Å². The molecule has 0 bridgehead atoms. The lowest BCUT2D eigenvalue weighted by atomic mass is 9.91. The van der Waals surface area contributed by atoms with Crippen LogP contribution in [-0.2, 0) is 4.79 Å². The van der Waals surface area contributed by atoms with Gasteiger partial charge >= 0.3 is 0 Å². The predicted molar refractivity (Wildman–Crippen MR) is 84.0 cm³/mol. The molecule has 3 rings (SSSR count). The molecule has 1 amide bonds. The summed E-state index contributed by atoms with van der Waals surface area (Å²) in [5.74, 6) is 0.289. The van der Waals surface area contributed by atoms with E-state index in [0.717, 1.165) is 39.0 Å². The summed E-state index contributed by atoms with van der Waals surface area (Å²) in [6.07, 6.45) is 6.13. The average Bonchev–Trinajstić information content (AvgIpc) is 3.23. The van der Waals surface area contributed by atoms with E-state index in [4.69, 9.17) is 5.73 Å². The number of nitrogens with zero attached hydrogens (tertiary/aromatic N) is 2. The number of carbonyl (C=O) groups excluding carboxylic acids is 1. The van der Waals surface area contributed by atoms with Gasteiger partial charge in [-0.25, -0.2) is 0 Å². The SMILES string of the molecule is CCNC(CN1CCCN2CCCC2C1)(C(N)=O)C1CC1. The second-order valence-electron chi connectivity index (χ2n) is 7.06. The summed E-state index contributed by atoms with van der Waals surface area (Å²) >= 11 is 0. The summed E-state index contributed by atoms with van der Waals surface area (Å²) < 4.78 is 0. The van der Waals surface area contributed by atoms with Crippen LogP contribution in [0.4, 0.5) is 0 Å². The quantitative estimate of drug-likeness (QED) is 0.744. The van der Waals surface area contributed by atoms with Crippen LogP contribution in [0.15, 0.2) is 0 Å². The van der Waals surface area contributed by atoms with Crippen LogP contribution in [-0.4, -0.2) is 66.6 Å². The van der Waals surface area contributed by atoms with E-state index in [9.17, 15) is 4.79 Å². The number of fused-ring (bicyclic) bond motifs is 1. The number of amides is 1. The van der Waals surface area contributed by atoms with Crippen molar-refractivity contribution >= 4 is 5.91 Å². The van der Waals surface area contributed by atoms with Crippen LogP contribution in [0.5, 0.6) is 0 Å². The molecule has 0 aromatic heterocycles. The summed E-state index contributed by atoms with van der Waals surface area (Å²) in [6.45, 7) is 8.35. The first-order valence-corrected chi connectivity index (χ1v) is 8.67. The summed E-state index contributed by atoms with van der Waals surface area (Å²) in [5, 5.41) is 3.46. The minimum atomic E-state index is -0.497. The van der Waals surface area contributed by atoms with Crippen molar-refractivity contribution in [2.75, 3.05) is 39.3 Å². The molecule has 5 nitrogen and oxygen atoms in total. The Bertz CT molecular complexity index is 384. The van der Waals surface area contributed by atoms with Crippen LogP contribution < -0.4 is 11.1 Å². The van der Waals surface area contributed by atoms with Gasteiger partial charge in [-0.1, -0.05) is 6.92 Å². The fraction of sp³-hybridized carbons (Fsp3) is 0.938. The molecule has 2 saturated heterocycles. The minimum absolute atomic E-state index is 0.153. The van der Waals surface area contributed by atoms with E-state index in [1.807, 2.05) is 0 Å². The summed E-state index contributed by atoms with van der Waals surface area (Å²) in [4.78, 5) is 17.3. The van der Waals surface area contributed by atoms with Crippen molar-refractivity contribution in [2.45, 2.75) is 50.6 Å². The first-order chi connectivity index (χ1) is 10.2. The number of nitrogens with one attached hydrogen (secondary N) is 1. The summed E-state index contributed by atoms with van der Waals surface area (Å²) in [7, 11) is 0. The number of nitrogens with two attached hydrogens (primary N) is 1.